The van der Waals surface area contributed by atoms with Gasteiger partial charge in [-0.1, -0.05) is 6.07 Å². The number of methoxy groups -OCH3 is 1. The molecule has 0 aliphatic carbocycles. The summed E-state index contributed by atoms with van der Waals surface area (Å²) in [6.07, 6.45) is 0. The number of anilines is 1. The minimum atomic E-state index is -0.522. The normalized spacial score (nSPS) is 9.67. The first kappa shape index (κ1) is 11.1. The number of ether oxygens (including phenoxy) is 1. The third-order valence-corrected chi connectivity index (χ3v) is 1.62. The molecule has 0 radical (unpaired) electrons. The van der Waals surface area contributed by atoms with Crippen molar-refractivity contribution in [2.24, 2.45) is 0 Å². The molecule has 1 N–H and O–H groups in total. The topological polar surface area (TPSA) is 81.5 Å². The Morgan fingerprint density at radius 2 is 2.33 bits per heavy atom. The quantitative estimate of drug-likeness (QED) is 0.597. The van der Waals surface area contributed by atoms with Crippen LogP contribution in [-0.2, 0) is 9.53 Å². The minimum Gasteiger partial charge on any atom is -0.375 e. The van der Waals surface area contributed by atoms with Crippen LogP contribution < -0.4 is 5.32 Å². The van der Waals surface area contributed by atoms with Crippen LogP contribution in [0, 0.1) is 10.1 Å². The van der Waals surface area contributed by atoms with Crippen LogP contribution in [0.25, 0.3) is 0 Å². The summed E-state index contributed by atoms with van der Waals surface area (Å²) >= 11 is 0. The van der Waals surface area contributed by atoms with Crippen LogP contribution in [-0.4, -0.2) is 24.5 Å². The SMILES string of the molecule is COCC(=O)Nc1cccc([N+](=O)[O-])c1. The summed E-state index contributed by atoms with van der Waals surface area (Å²) in [5.41, 5.74) is 0.316. The Hall–Kier alpha value is -1.95. The predicted molar refractivity (Wildman–Crippen MR) is 53.6 cm³/mol. The van der Waals surface area contributed by atoms with Gasteiger partial charge in [-0.3, -0.25) is 14.9 Å². The smallest absolute Gasteiger partial charge is 0.271 e. The zero-order valence-corrected chi connectivity index (χ0v) is 8.10. The van der Waals surface area contributed by atoms with Gasteiger partial charge in [0, 0.05) is 24.9 Å². The van der Waals surface area contributed by atoms with E-state index in [1.807, 2.05) is 0 Å². The number of hydrogen-bond acceptors (Lipinski definition) is 4. The second-order valence-corrected chi connectivity index (χ2v) is 2.79. The number of benzene rings is 1. The standard InChI is InChI=1S/C9H10N2O4/c1-15-6-9(12)10-7-3-2-4-8(5-7)11(13)14/h2-5H,6H2,1H3,(H,10,12). The summed E-state index contributed by atoms with van der Waals surface area (Å²) in [7, 11) is 1.40. The number of non-ortho nitro benzene ring substituents is 1. The van der Waals surface area contributed by atoms with Crippen LogP contribution in [0.3, 0.4) is 0 Å². The molecule has 1 rings (SSSR count). The Balaban J connectivity index is 2.73. The van der Waals surface area contributed by atoms with Gasteiger partial charge in [0.25, 0.3) is 5.69 Å². The molecule has 1 amide bonds. The highest BCUT2D eigenvalue weighted by atomic mass is 16.6. The van der Waals surface area contributed by atoms with Crippen molar-refractivity contribution in [3.8, 4) is 0 Å². The molecule has 0 atom stereocenters. The molecule has 0 aliphatic rings. The molecule has 0 aliphatic heterocycles. The van der Waals surface area contributed by atoms with Crippen LogP contribution >= 0.6 is 0 Å². The lowest BCUT2D eigenvalue weighted by atomic mass is 10.3. The third-order valence-electron chi connectivity index (χ3n) is 1.62. The molecular weight excluding hydrogens is 200 g/mol. The lowest BCUT2D eigenvalue weighted by Gasteiger charge is -2.03. The van der Waals surface area contributed by atoms with Gasteiger partial charge in [0.05, 0.1) is 4.92 Å². The van der Waals surface area contributed by atoms with E-state index in [1.54, 1.807) is 6.07 Å². The molecule has 0 bridgehead atoms. The third kappa shape index (κ3) is 3.35. The molecule has 0 spiro atoms. The minimum absolute atomic E-state index is 0.0646. The Bertz CT molecular complexity index is 378. The number of nitro groups is 1. The number of carbonyl (C=O) groups is 1. The average molecular weight is 210 g/mol. The van der Waals surface area contributed by atoms with E-state index >= 15 is 0 Å². The van der Waals surface area contributed by atoms with Crippen molar-refractivity contribution in [2.45, 2.75) is 0 Å². The van der Waals surface area contributed by atoms with Crippen molar-refractivity contribution in [1.82, 2.24) is 0 Å². The van der Waals surface area contributed by atoms with Crippen LogP contribution in [0.15, 0.2) is 24.3 Å². The van der Waals surface area contributed by atoms with E-state index in [2.05, 4.69) is 10.1 Å². The largest absolute Gasteiger partial charge is 0.375 e. The first-order chi connectivity index (χ1) is 7.13. The van der Waals surface area contributed by atoms with Crippen molar-refractivity contribution >= 4 is 17.3 Å². The lowest BCUT2D eigenvalue weighted by molar-refractivity contribution is -0.384. The van der Waals surface area contributed by atoms with Crippen molar-refractivity contribution in [3.63, 3.8) is 0 Å². The van der Waals surface area contributed by atoms with Gasteiger partial charge >= 0.3 is 0 Å². The number of nitro benzene ring substituents is 1. The van der Waals surface area contributed by atoms with Crippen molar-refractivity contribution in [1.29, 1.82) is 0 Å². The maximum Gasteiger partial charge on any atom is 0.271 e. The maximum absolute atomic E-state index is 11.1. The second kappa shape index (κ2) is 5.06. The van der Waals surface area contributed by atoms with E-state index in [4.69, 9.17) is 0 Å². The average Bonchev–Trinajstić information content (AvgIpc) is 2.18. The summed E-state index contributed by atoms with van der Waals surface area (Å²) in [5, 5.41) is 12.9. The highest BCUT2D eigenvalue weighted by Crippen LogP contribution is 2.16. The summed E-state index contributed by atoms with van der Waals surface area (Å²) in [6.45, 7) is -0.0807. The molecule has 1 aromatic rings. The van der Waals surface area contributed by atoms with Gasteiger partial charge in [-0.2, -0.15) is 0 Å². The lowest BCUT2D eigenvalue weighted by Crippen LogP contribution is -2.17. The number of rotatable bonds is 4. The predicted octanol–water partition coefficient (Wildman–Crippen LogP) is 1.18. The molecule has 6 heteroatoms. The molecule has 1 aromatic carbocycles. The van der Waals surface area contributed by atoms with Crippen LogP contribution in [0.1, 0.15) is 0 Å². The van der Waals surface area contributed by atoms with Gasteiger partial charge in [-0.25, -0.2) is 0 Å². The van der Waals surface area contributed by atoms with E-state index in [0.29, 0.717) is 5.69 Å². The molecule has 80 valence electrons. The van der Waals surface area contributed by atoms with E-state index < -0.39 is 4.92 Å². The molecule has 0 heterocycles. The Morgan fingerprint density at radius 1 is 1.60 bits per heavy atom. The van der Waals surface area contributed by atoms with E-state index in [-0.39, 0.29) is 18.2 Å². The van der Waals surface area contributed by atoms with Gasteiger partial charge in [0.2, 0.25) is 5.91 Å². The Morgan fingerprint density at radius 3 is 2.93 bits per heavy atom. The second-order valence-electron chi connectivity index (χ2n) is 2.79. The van der Waals surface area contributed by atoms with Gasteiger partial charge in [-0.05, 0) is 6.07 Å². The van der Waals surface area contributed by atoms with Gasteiger partial charge in [0.1, 0.15) is 6.61 Å². The monoisotopic (exact) mass is 210 g/mol. The zero-order chi connectivity index (χ0) is 11.3. The summed E-state index contributed by atoms with van der Waals surface area (Å²) in [5.74, 6) is -0.349. The fourth-order valence-corrected chi connectivity index (χ4v) is 1.03. The molecule has 0 fully saturated rings. The summed E-state index contributed by atoms with van der Waals surface area (Å²) in [6, 6.07) is 5.71. The first-order valence-corrected chi connectivity index (χ1v) is 4.16. The Labute approximate surface area is 86.0 Å². The number of carbonyl (C=O) groups excluding carboxylic acids is 1. The van der Waals surface area contributed by atoms with Crippen molar-refractivity contribution in [3.05, 3.63) is 34.4 Å². The molecular formula is C9H10N2O4. The molecule has 15 heavy (non-hydrogen) atoms. The van der Waals surface area contributed by atoms with E-state index in [1.165, 1.54) is 25.3 Å². The number of nitrogens with zero attached hydrogens (tertiary/aromatic N) is 1. The molecule has 0 saturated carbocycles. The number of amides is 1. The fraction of sp³-hybridized carbons (Fsp3) is 0.222. The van der Waals surface area contributed by atoms with Crippen molar-refractivity contribution in [2.75, 3.05) is 19.0 Å². The maximum atomic E-state index is 11.1. The van der Waals surface area contributed by atoms with Crippen LogP contribution in [0.5, 0.6) is 0 Å². The summed E-state index contributed by atoms with van der Waals surface area (Å²) < 4.78 is 4.61. The molecule has 0 aromatic heterocycles. The number of nitrogens with one attached hydrogen (secondary N) is 1. The van der Waals surface area contributed by atoms with Gasteiger partial charge in [0.15, 0.2) is 0 Å². The Kier molecular flexibility index (Phi) is 3.75. The molecule has 0 saturated heterocycles. The zero-order valence-electron chi connectivity index (χ0n) is 8.10. The fourth-order valence-electron chi connectivity index (χ4n) is 1.03. The molecule has 6 nitrogen and oxygen atoms in total. The van der Waals surface area contributed by atoms with Gasteiger partial charge in [-0.15, -0.1) is 0 Å². The first-order valence-electron chi connectivity index (χ1n) is 4.16. The van der Waals surface area contributed by atoms with Crippen LogP contribution in [0.4, 0.5) is 11.4 Å². The number of hydrogen-bond donors (Lipinski definition) is 1. The van der Waals surface area contributed by atoms with Gasteiger partial charge < -0.3 is 10.1 Å². The van der Waals surface area contributed by atoms with E-state index in [9.17, 15) is 14.9 Å². The van der Waals surface area contributed by atoms with Crippen LogP contribution in [0.2, 0.25) is 0 Å². The molecule has 0 unspecified atom stereocenters. The van der Waals surface area contributed by atoms with E-state index in [0.717, 1.165) is 0 Å². The highest BCUT2D eigenvalue weighted by Gasteiger charge is 2.07. The highest BCUT2D eigenvalue weighted by molar-refractivity contribution is 5.91. The summed E-state index contributed by atoms with van der Waals surface area (Å²) in [4.78, 5) is 21.0. The van der Waals surface area contributed by atoms with Crippen molar-refractivity contribution < 1.29 is 14.5 Å².